The van der Waals surface area contributed by atoms with Crippen LogP contribution in [0.5, 0.6) is 0 Å². The molecule has 0 saturated heterocycles. The van der Waals surface area contributed by atoms with Crippen molar-refractivity contribution in [3.05, 3.63) is 58.1 Å². The molecule has 1 N–H and O–H groups in total. The summed E-state index contributed by atoms with van der Waals surface area (Å²) >= 11 is 1.37. The Balaban J connectivity index is 1.71. The summed E-state index contributed by atoms with van der Waals surface area (Å²) in [6.07, 6.45) is 0. The highest BCUT2D eigenvalue weighted by Crippen LogP contribution is 2.29. The molecule has 0 saturated carbocycles. The van der Waals surface area contributed by atoms with Crippen LogP contribution in [-0.2, 0) is 9.53 Å². The third kappa shape index (κ3) is 4.32. The first-order valence-corrected chi connectivity index (χ1v) is 9.55. The van der Waals surface area contributed by atoms with Gasteiger partial charge in [-0.05, 0) is 31.2 Å². The van der Waals surface area contributed by atoms with Crippen LogP contribution in [0.25, 0.3) is 10.2 Å². The number of para-hydroxylation sites is 1. The number of fused-ring (bicyclic) bond motifs is 1. The third-order valence-electron chi connectivity index (χ3n) is 4.16. The van der Waals surface area contributed by atoms with Crippen molar-refractivity contribution in [2.75, 3.05) is 30.4 Å². The highest BCUT2D eigenvalue weighted by molar-refractivity contribution is 7.22. The number of hydrogen-bond acceptors (Lipinski definition) is 8. The Morgan fingerprint density at radius 1 is 1.28 bits per heavy atom. The molecule has 29 heavy (non-hydrogen) atoms. The average molecular weight is 414 g/mol. The van der Waals surface area contributed by atoms with E-state index in [4.69, 9.17) is 4.74 Å². The fraction of sp³-hybridized carbons (Fsp3) is 0.211. The van der Waals surface area contributed by atoms with Crippen LogP contribution in [-0.4, -0.2) is 42.0 Å². The molecule has 1 aromatic heterocycles. The summed E-state index contributed by atoms with van der Waals surface area (Å²) in [5, 5.41) is 14.3. The van der Waals surface area contributed by atoms with E-state index in [1.807, 2.05) is 24.3 Å². The number of ether oxygens (including phenoxy) is 1. The lowest BCUT2D eigenvalue weighted by Crippen LogP contribution is -2.34. The zero-order chi connectivity index (χ0) is 21.0. The molecule has 3 aromatic rings. The summed E-state index contributed by atoms with van der Waals surface area (Å²) in [6, 6.07) is 11.5. The van der Waals surface area contributed by atoms with E-state index in [0.717, 1.165) is 16.3 Å². The van der Waals surface area contributed by atoms with Crippen molar-refractivity contribution >= 4 is 49.9 Å². The Kier molecular flexibility index (Phi) is 6.03. The molecule has 2 aromatic carbocycles. The van der Waals surface area contributed by atoms with Gasteiger partial charge in [0.2, 0.25) is 0 Å². The van der Waals surface area contributed by atoms with Crippen LogP contribution >= 0.6 is 11.3 Å². The summed E-state index contributed by atoms with van der Waals surface area (Å²) in [6.45, 7) is 1.66. The maximum absolute atomic E-state index is 12.6. The smallest absolute Gasteiger partial charge is 0.338 e. The van der Waals surface area contributed by atoms with Gasteiger partial charge in [0.15, 0.2) is 11.7 Å². The van der Waals surface area contributed by atoms with Crippen LogP contribution in [0.2, 0.25) is 0 Å². The first-order valence-electron chi connectivity index (χ1n) is 8.73. The first-order chi connectivity index (χ1) is 13.9. The monoisotopic (exact) mass is 414 g/mol. The molecule has 0 bridgehead atoms. The molecule has 0 aliphatic heterocycles. The van der Waals surface area contributed by atoms with Crippen molar-refractivity contribution in [3.63, 3.8) is 0 Å². The maximum atomic E-state index is 12.6. The van der Waals surface area contributed by atoms with E-state index in [-0.39, 0.29) is 16.9 Å². The van der Waals surface area contributed by atoms with Gasteiger partial charge in [-0.2, -0.15) is 0 Å². The van der Waals surface area contributed by atoms with Crippen LogP contribution in [0.1, 0.15) is 17.3 Å². The van der Waals surface area contributed by atoms with Crippen molar-refractivity contribution in [2.45, 2.75) is 6.92 Å². The second-order valence-corrected chi connectivity index (χ2v) is 6.93. The van der Waals surface area contributed by atoms with Gasteiger partial charge in [0.25, 0.3) is 11.6 Å². The number of hydrogen-bond donors (Lipinski definition) is 1. The highest BCUT2D eigenvalue weighted by atomic mass is 32.1. The Labute approximate surface area is 170 Å². The lowest BCUT2D eigenvalue weighted by Gasteiger charge is -2.17. The van der Waals surface area contributed by atoms with E-state index in [2.05, 4.69) is 10.3 Å². The molecule has 0 aliphatic carbocycles. The number of rotatable bonds is 7. The van der Waals surface area contributed by atoms with E-state index >= 15 is 0 Å². The van der Waals surface area contributed by atoms with Crippen molar-refractivity contribution in [1.29, 1.82) is 0 Å². The topological polar surface area (TPSA) is 115 Å². The normalized spacial score (nSPS) is 10.6. The first kappa shape index (κ1) is 20.2. The minimum atomic E-state index is -0.815. The number of likely N-dealkylation sites (N-methyl/N-ethyl adjacent to an activating group) is 1. The Bertz CT molecular complexity index is 1050. The largest absolute Gasteiger partial charge is 0.452 e. The van der Waals surface area contributed by atoms with E-state index in [1.54, 1.807) is 14.0 Å². The predicted molar refractivity (Wildman–Crippen MR) is 111 cm³/mol. The zero-order valence-electron chi connectivity index (χ0n) is 15.7. The fourth-order valence-electron chi connectivity index (χ4n) is 2.70. The van der Waals surface area contributed by atoms with Crippen molar-refractivity contribution in [1.82, 2.24) is 4.98 Å². The standard InChI is InChI=1S/C19H18N4O5S/c1-3-22(19-21-14-6-4-5-7-16(14)29-19)17(24)11-28-18(25)12-8-9-13(20-2)15(10-12)23(26)27/h4-10,20H,3,11H2,1-2H3. The molecule has 0 spiro atoms. The zero-order valence-corrected chi connectivity index (χ0v) is 16.6. The fourth-order valence-corrected chi connectivity index (χ4v) is 3.75. The van der Waals surface area contributed by atoms with Gasteiger partial charge in [0, 0.05) is 19.7 Å². The van der Waals surface area contributed by atoms with Gasteiger partial charge < -0.3 is 10.1 Å². The molecule has 3 rings (SSSR count). The summed E-state index contributed by atoms with van der Waals surface area (Å²) in [7, 11) is 1.54. The molecular weight excluding hydrogens is 396 g/mol. The van der Waals surface area contributed by atoms with Gasteiger partial charge in [-0.1, -0.05) is 23.5 Å². The number of aromatic nitrogens is 1. The van der Waals surface area contributed by atoms with Crippen LogP contribution in [0, 0.1) is 10.1 Å². The van der Waals surface area contributed by atoms with E-state index in [1.165, 1.54) is 28.4 Å². The number of carbonyl (C=O) groups is 2. The molecular formula is C19H18N4O5S. The van der Waals surface area contributed by atoms with Gasteiger partial charge in [0.05, 0.1) is 20.7 Å². The molecule has 0 aliphatic rings. The number of nitro groups is 1. The molecule has 1 heterocycles. The summed E-state index contributed by atoms with van der Waals surface area (Å²) in [4.78, 5) is 41.2. The molecule has 1 amide bonds. The minimum Gasteiger partial charge on any atom is -0.452 e. The van der Waals surface area contributed by atoms with Crippen LogP contribution in [0.15, 0.2) is 42.5 Å². The lowest BCUT2D eigenvalue weighted by atomic mass is 10.1. The van der Waals surface area contributed by atoms with Crippen molar-refractivity contribution in [2.24, 2.45) is 0 Å². The second-order valence-electron chi connectivity index (χ2n) is 5.92. The van der Waals surface area contributed by atoms with Crippen molar-refractivity contribution in [3.8, 4) is 0 Å². The van der Waals surface area contributed by atoms with Gasteiger partial charge in [-0.15, -0.1) is 0 Å². The number of nitrogens with one attached hydrogen (secondary N) is 1. The van der Waals surface area contributed by atoms with Crippen LogP contribution in [0.3, 0.4) is 0 Å². The Hall–Kier alpha value is -3.53. The number of anilines is 2. The number of nitrogens with zero attached hydrogens (tertiary/aromatic N) is 3. The van der Waals surface area contributed by atoms with Gasteiger partial charge in [0.1, 0.15) is 5.69 Å². The SMILES string of the molecule is CCN(C(=O)COC(=O)c1ccc(NC)c([N+](=O)[O-])c1)c1nc2ccccc2s1. The van der Waals surface area contributed by atoms with Crippen LogP contribution < -0.4 is 10.2 Å². The number of carbonyl (C=O) groups excluding carboxylic acids is 2. The molecule has 0 radical (unpaired) electrons. The quantitative estimate of drug-likeness (QED) is 0.358. The second kappa shape index (κ2) is 8.65. The molecule has 0 atom stereocenters. The van der Waals surface area contributed by atoms with Gasteiger partial charge in [-0.25, -0.2) is 9.78 Å². The summed E-state index contributed by atoms with van der Waals surface area (Å²) in [5.74, 6) is -1.24. The number of nitro benzene ring substituents is 1. The van der Waals surface area contributed by atoms with E-state index in [0.29, 0.717) is 11.7 Å². The maximum Gasteiger partial charge on any atom is 0.338 e. The van der Waals surface area contributed by atoms with Gasteiger partial charge in [-0.3, -0.25) is 19.8 Å². The van der Waals surface area contributed by atoms with E-state index < -0.39 is 23.4 Å². The number of benzene rings is 2. The molecule has 0 unspecified atom stereocenters. The molecule has 150 valence electrons. The molecule has 10 heteroatoms. The minimum absolute atomic E-state index is 0.00784. The Morgan fingerprint density at radius 2 is 2.03 bits per heavy atom. The highest BCUT2D eigenvalue weighted by Gasteiger charge is 2.22. The average Bonchev–Trinajstić information content (AvgIpc) is 3.15. The number of amides is 1. The molecule has 9 nitrogen and oxygen atoms in total. The summed E-state index contributed by atoms with van der Waals surface area (Å²) < 4.78 is 6.03. The molecule has 0 fully saturated rings. The predicted octanol–water partition coefficient (Wildman–Crippen LogP) is 3.46. The van der Waals surface area contributed by atoms with E-state index in [9.17, 15) is 19.7 Å². The van der Waals surface area contributed by atoms with Gasteiger partial charge >= 0.3 is 5.97 Å². The lowest BCUT2D eigenvalue weighted by molar-refractivity contribution is -0.384. The number of thiazole rings is 1. The third-order valence-corrected chi connectivity index (χ3v) is 5.22. The Morgan fingerprint density at radius 3 is 2.69 bits per heavy atom. The van der Waals surface area contributed by atoms with Crippen molar-refractivity contribution < 1.29 is 19.2 Å². The number of esters is 1. The summed E-state index contributed by atoms with van der Waals surface area (Å²) in [5.41, 5.74) is 0.799. The van der Waals surface area contributed by atoms with Crippen LogP contribution in [0.4, 0.5) is 16.5 Å².